The number of hydrogen-bond acceptors (Lipinski definition) is 2. The van der Waals surface area contributed by atoms with Gasteiger partial charge in [-0.1, -0.05) is 19.1 Å². The van der Waals surface area contributed by atoms with Crippen LogP contribution in [0.25, 0.3) is 0 Å². The van der Waals surface area contributed by atoms with Gasteiger partial charge < -0.3 is 0 Å². The van der Waals surface area contributed by atoms with Gasteiger partial charge in [0.05, 0.1) is 6.04 Å². The van der Waals surface area contributed by atoms with Crippen LogP contribution < -0.4 is 0 Å². The van der Waals surface area contributed by atoms with Crippen molar-refractivity contribution < 1.29 is 4.79 Å². The molecular formula is C18H27NO. The van der Waals surface area contributed by atoms with Gasteiger partial charge in [0.25, 0.3) is 0 Å². The largest absolute Gasteiger partial charge is 0.293 e. The molecule has 2 atom stereocenters. The molecule has 0 spiro atoms. The number of rotatable bonds is 3. The van der Waals surface area contributed by atoms with E-state index in [-0.39, 0.29) is 11.8 Å². The summed E-state index contributed by atoms with van der Waals surface area (Å²) in [7, 11) is 0. The summed E-state index contributed by atoms with van der Waals surface area (Å²) in [6, 6.07) is 6.07. The molecule has 0 bridgehead atoms. The number of carbonyl (C=O) groups is 1. The van der Waals surface area contributed by atoms with Crippen molar-refractivity contribution in [2.24, 2.45) is 5.92 Å². The Balaban J connectivity index is 2.09. The van der Waals surface area contributed by atoms with E-state index in [0.717, 1.165) is 24.6 Å². The molecule has 110 valence electrons. The highest BCUT2D eigenvalue weighted by Crippen LogP contribution is 2.20. The minimum Gasteiger partial charge on any atom is -0.293 e. The second-order valence-electron chi connectivity index (χ2n) is 6.41. The first-order valence-corrected chi connectivity index (χ1v) is 7.84. The van der Waals surface area contributed by atoms with Crippen LogP contribution in [0.3, 0.4) is 0 Å². The van der Waals surface area contributed by atoms with Gasteiger partial charge in [0.1, 0.15) is 0 Å². The van der Waals surface area contributed by atoms with Crippen LogP contribution in [0.15, 0.2) is 18.2 Å². The third-order valence-corrected chi connectivity index (χ3v) is 4.77. The number of carbonyl (C=O) groups excluding carboxylic acids is 1. The van der Waals surface area contributed by atoms with Gasteiger partial charge in [-0.2, -0.15) is 0 Å². The van der Waals surface area contributed by atoms with E-state index < -0.39 is 0 Å². The van der Waals surface area contributed by atoms with Crippen LogP contribution in [0, 0.1) is 19.8 Å². The fraction of sp³-hybridized carbons (Fsp3) is 0.611. The average molecular weight is 273 g/mol. The van der Waals surface area contributed by atoms with Crippen LogP contribution in [-0.2, 0) is 0 Å². The Bertz CT molecular complexity index is 480. The zero-order valence-corrected chi connectivity index (χ0v) is 13.3. The standard InChI is InChI=1S/C18H27NO/c1-13-6-5-10-19(11-9-13)16(4)18(20)17-8-7-14(2)15(3)12-17/h7-8,12-13,16H,5-6,9-11H2,1-4H3. The molecule has 0 radical (unpaired) electrons. The molecule has 2 rings (SSSR count). The Kier molecular flexibility index (Phi) is 4.98. The third-order valence-electron chi connectivity index (χ3n) is 4.77. The summed E-state index contributed by atoms with van der Waals surface area (Å²) in [5.41, 5.74) is 3.31. The summed E-state index contributed by atoms with van der Waals surface area (Å²) >= 11 is 0. The van der Waals surface area contributed by atoms with Gasteiger partial charge in [-0.3, -0.25) is 9.69 Å². The van der Waals surface area contributed by atoms with Crippen molar-refractivity contribution in [3.8, 4) is 0 Å². The molecule has 0 amide bonds. The van der Waals surface area contributed by atoms with E-state index >= 15 is 0 Å². The molecule has 1 aromatic carbocycles. The molecule has 0 aliphatic carbocycles. The number of hydrogen-bond donors (Lipinski definition) is 0. The van der Waals surface area contributed by atoms with Gasteiger partial charge in [0.2, 0.25) is 0 Å². The molecule has 2 nitrogen and oxygen atoms in total. The van der Waals surface area contributed by atoms with E-state index in [1.54, 1.807) is 0 Å². The summed E-state index contributed by atoms with van der Waals surface area (Å²) in [6.45, 7) is 10.7. The maximum atomic E-state index is 12.7. The van der Waals surface area contributed by atoms with Gasteiger partial charge in [-0.05, 0) is 76.2 Å². The Morgan fingerprint density at radius 3 is 2.65 bits per heavy atom. The highest BCUT2D eigenvalue weighted by Gasteiger charge is 2.24. The fourth-order valence-electron chi connectivity index (χ4n) is 2.97. The van der Waals surface area contributed by atoms with Crippen molar-refractivity contribution in [2.75, 3.05) is 13.1 Å². The van der Waals surface area contributed by atoms with Crippen molar-refractivity contribution in [2.45, 2.75) is 53.0 Å². The molecule has 2 heteroatoms. The molecule has 0 aromatic heterocycles. The van der Waals surface area contributed by atoms with Gasteiger partial charge in [-0.15, -0.1) is 0 Å². The molecule has 20 heavy (non-hydrogen) atoms. The molecule has 2 unspecified atom stereocenters. The fourth-order valence-corrected chi connectivity index (χ4v) is 2.97. The van der Waals surface area contributed by atoms with Gasteiger partial charge in [0.15, 0.2) is 5.78 Å². The van der Waals surface area contributed by atoms with E-state index in [9.17, 15) is 4.79 Å². The number of nitrogens with zero attached hydrogens (tertiary/aromatic N) is 1. The quantitative estimate of drug-likeness (QED) is 0.776. The summed E-state index contributed by atoms with van der Waals surface area (Å²) in [6.07, 6.45) is 3.72. The predicted molar refractivity (Wildman–Crippen MR) is 84.3 cm³/mol. The van der Waals surface area contributed by atoms with Crippen LogP contribution in [0.4, 0.5) is 0 Å². The lowest BCUT2D eigenvalue weighted by Crippen LogP contribution is -2.39. The van der Waals surface area contributed by atoms with Crippen LogP contribution in [0.5, 0.6) is 0 Å². The van der Waals surface area contributed by atoms with Crippen molar-refractivity contribution >= 4 is 5.78 Å². The molecular weight excluding hydrogens is 246 g/mol. The Morgan fingerprint density at radius 1 is 1.20 bits per heavy atom. The van der Waals surface area contributed by atoms with E-state index in [1.165, 1.54) is 30.4 Å². The maximum Gasteiger partial charge on any atom is 0.179 e. The topological polar surface area (TPSA) is 20.3 Å². The molecule has 1 aliphatic heterocycles. The van der Waals surface area contributed by atoms with Crippen LogP contribution >= 0.6 is 0 Å². The minimum absolute atomic E-state index is 0.00223. The highest BCUT2D eigenvalue weighted by molar-refractivity contribution is 6.00. The van der Waals surface area contributed by atoms with Crippen molar-refractivity contribution in [1.82, 2.24) is 4.90 Å². The average Bonchev–Trinajstić information content (AvgIpc) is 2.65. The zero-order chi connectivity index (χ0) is 14.7. The van der Waals surface area contributed by atoms with Crippen LogP contribution in [0.1, 0.15) is 54.6 Å². The lowest BCUT2D eigenvalue weighted by Gasteiger charge is -2.26. The van der Waals surface area contributed by atoms with E-state index in [4.69, 9.17) is 0 Å². The van der Waals surface area contributed by atoms with Crippen LogP contribution in [-0.4, -0.2) is 29.8 Å². The van der Waals surface area contributed by atoms with Gasteiger partial charge >= 0.3 is 0 Å². The maximum absolute atomic E-state index is 12.7. The van der Waals surface area contributed by atoms with E-state index in [2.05, 4.69) is 38.7 Å². The predicted octanol–water partition coefficient (Wildman–Crippen LogP) is 4.00. The monoisotopic (exact) mass is 273 g/mol. The molecule has 1 saturated heterocycles. The Hall–Kier alpha value is -1.15. The molecule has 0 N–H and O–H groups in total. The van der Waals surface area contributed by atoms with E-state index in [1.807, 2.05) is 12.1 Å². The first-order chi connectivity index (χ1) is 9.49. The molecule has 0 saturated carbocycles. The summed E-state index contributed by atoms with van der Waals surface area (Å²) in [5.74, 6) is 1.06. The third kappa shape index (κ3) is 3.49. The number of aryl methyl sites for hydroxylation is 2. The smallest absolute Gasteiger partial charge is 0.179 e. The van der Waals surface area contributed by atoms with Crippen LogP contribution in [0.2, 0.25) is 0 Å². The number of ketones is 1. The number of benzene rings is 1. The molecule has 1 fully saturated rings. The lowest BCUT2D eigenvalue weighted by atomic mass is 9.99. The zero-order valence-electron chi connectivity index (χ0n) is 13.3. The summed E-state index contributed by atoms with van der Waals surface area (Å²) < 4.78 is 0. The SMILES string of the molecule is Cc1ccc(C(=O)C(C)N2CCCC(C)CC2)cc1C. The Morgan fingerprint density at radius 2 is 1.95 bits per heavy atom. The molecule has 1 aromatic rings. The van der Waals surface area contributed by atoms with Crippen molar-refractivity contribution in [3.63, 3.8) is 0 Å². The Labute approximate surface area is 123 Å². The first-order valence-electron chi connectivity index (χ1n) is 7.84. The second-order valence-corrected chi connectivity index (χ2v) is 6.41. The second kappa shape index (κ2) is 6.53. The summed E-state index contributed by atoms with van der Waals surface area (Å²) in [4.78, 5) is 15.0. The minimum atomic E-state index is 0.00223. The first kappa shape index (κ1) is 15.2. The normalized spacial score (nSPS) is 22.3. The molecule has 1 heterocycles. The number of likely N-dealkylation sites (tertiary alicyclic amines) is 1. The van der Waals surface area contributed by atoms with E-state index in [0.29, 0.717) is 0 Å². The van der Waals surface area contributed by atoms with Gasteiger partial charge in [0, 0.05) is 5.56 Å². The molecule has 1 aliphatic rings. The van der Waals surface area contributed by atoms with Crippen molar-refractivity contribution in [1.29, 1.82) is 0 Å². The van der Waals surface area contributed by atoms with Gasteiger partial charge in [-0.25, -0.2) is 0 Å². The highest BCUT2D eigenvalue weighted by atomic mass is 16.1. The summed E-state index contributed by atoms with van der Waals surface area (Å²) in [5, 5.41) is 0. The lowest BCUT2D eigenvalue weighted by molar-refractivity contribution is 0.0841. The van der Waals surface area contributed by atoms with Crippen molar-refractivity contribution in [3.05, 3.63) is 34.9 Å². The number of Topliss-reactive ketones (excluding diaryl/α,β-unsaturated/α-hetero) is 1.